The number of ketones is 1. The Balaban J connectivity index is 2.90. The van der Waals surface area contributed by atoms with E-state index in [0.29, 0.717) is 5.92 Å². The van der Waals surface area contributed by atoms with E-state index >= 15 is 0 Å². The van der Waals surface area contributed by atoms with Crippen molar-refractivity contribution in [3.05, 3.63) is 35.4 Å². The molecule has 0 heterocycles. The molecule has 1 aromatic carbocycles. The molecule has 1 aromatic rings. The van der Waals surface area contributed by atoms with E-state index in [1.807, 2.05) is 18.9 Å². The van der Waals surface area contributed by atoms with Gasteiger partial charge in [0, 0.05) is 11.6 Å². The Hall–Kier alpha value is -1.29. The highest BCUT2D eigenvalue weighted by Crippen LogP contribution is 2.16. The molecule has 2 atom stereocenters. The maximum atomic E-state index is 13.2. The summed E-state index contributed by atoms with van der Waals surface area (Å²) in [5, 5.41) is 0. The third kappa shape index (κ3) is 3.60. The number of hydrogen-bond acceptors (Lipinski definition) is 2. The largest absolute Gasteiger partial charge is 0.294 e. The Morgan fingerprint density at radius 3 is 2.16 bits per heavy atom. The molecule has 106 valence electrons. The maximum absolute atomic E-state index is 13.2. The molecule has 0 N–H and O–H groups in total. The van der Waals surface area contributed by atoms with Crippen LogP contribution < -0.4 is 0 Å². The molecule has 0 saturated heterocycles. The van der Waals surface area contributed by atoms with Gasteiger partial charge < -0.3 is 0 Å². The minimum atomic E-state index is -0.988. The quantitative estimate of drug-likeness (QED) is 0.762. The first-order chi connectivity index (χ1) is 8.75. The van der Waals surface area contributed by atoms with Crippen LogP contribution in [-0.4, -0.2) is 29.8 Å². The van der Waals surface area contributed by atoms with Gasteiger partial charge in [0.05, 0.1) is 6.04 Å². The highest BCUT2D eigenvalue weighted by atomic mass is 19.2. The van der Waals surface area contributed by atoms with Crippen LogP contribution >= 0.6 is 0 Å². The molecule has 0 aliphatic rings. The molecule has 0 saturated carbocycles. The number of benzene rings is 1. The van der Waals surface area contributed by atoms with Gasteiger partial charge in [-0.05, 0) is 45.0 Å². The molecule has 0 bridgehead atoms. The number of halogens is 2. The van der Waals surface area contributed by atoms with Crippen LogP contribution in [0, 0.1) is 17.6 Å². The second kappa shape index (κ2) is 6.24. The van der Waals surface area contributed by atoms with Crippen molar-refractivity contribution in [2.75, 3.05) is 7.05 Å². The summed E-state index contributed by atoms with van der Waals surface area (Å²) in [6.07, 6.45) is 0. The van der Waals surface area contributed by atoms with Crippen molar-refractivity contribution in [1.29, 1.82) is 0 Å². The number of rotatable bonds is 5. The molecule has 0 aliphatic heterocycles. The maximum Gasteiger partial charge on any atom is 0.179 e. The van der Waals surface area contributed by atoms with Crippen molar-refractivity contribution in [2.45, 2.75) is 39.8 Å². The van der Waals surface area contributed by atoms with Crippen LogP contribution in [0.15, 0.2) is 18.2 Å². The van der Waals surface area contributed by atoms with E-state index in [1.54, 1.807) is 6.92 Å². The van der Waals surface area contributed by atoms with E-state index in [1.165, 1.54) is 6.07 Å². The highest BCUT2D eigenvalue weighted by Gasteiger charge is 2.25. The van der Waals surface area contributed by atoms with E-state index in [2.05, 4.69) is 13.8 Å². The standard InChI is InChI=1S/C15H21F2NO/c1-9(2)10(3)18(5)11(4)15(19)12-6-7-13(16)14(17)8-12/h6-11H,1-5H3. The van der Waals surface area contributed by atoms with Gasteiger partial charge in [0.1, 0.15) is 0 Å². The third-order valence-corrected chi connectivity index (χ3v) is 3.80. The number of Topliss-reactive ketones (excluding diaryl/α,β-unsaturated/α-hetero) is 1. The zero-order valence-electron chi connectivity index (χ0n) is 12.1. The van der Waals surface area contributed by atoms with Gasteiger partial charge in [0.15, 0.2) is 17.4 Å². The fourth-order valence-electron chi connectivity index (χ4n) is 1.90. The van der Waals surface area contributed by atoms with Crippen LogP contribution in [0.5, 0.6) is 0 Å². The highest BCUT2D eigenvalue weighted by molar-refractivity contribution is 5.99. The van der Waals surface area contributed by atoms with Gasteiger partial charge in [-0.1, -0.05) is 13.8 Å². The second-order valence-electron chi connectivity index (χ2n) is 5.32. The summed E-state index contributed by atoms with van der Waals surface area (Å²) in [7, 11) is 1.87. The molecule has 0 spiro atoms. The van der Waals surface area contributed by atoms with Crippen LogP contribution in [0.2, 0.25) is 0 Å². The van der Waals surface area contributed by atoms with E-state index in [9.17, 15) is 13.6 Å². The summed E-state index contributed by atoms with van der Waals surface area (Å²) in [5.74, 6) is -1.72. The van der Waals surface area contributed by atoms with Crippen molar-refractivity contribution in [3.63, 3.8) is 0 Å². The second-order valence-corrected chi connectivity index (χ2v) is 5.32. The molecule has 0 aromatic heterocycles. The Bertz CT molecular complexity index is 459. The summed E-state index contributed by atoms with van der Waals surface area (Å²) >= 11 is 0. The van der Waals surface area contributed by atoms with E-state index in [4.69, 9.17) is 0 Å². The van der Waals surface area contributed by atoms with Crippen LogP contribution in [0.1, 0.15) is 38.1 Å². The van der Waals surface area contributed by atoms with Crippen LogP contribution in [0.4, 0.5) is 8.78 Å². The van der Waals surface area contributed by atoms with Crippen molar-refractivity contribution in [2.24, 2.45) is 5.92 Å². The lowest BCUT2D eigenvalue weighted by Crippen LogP contribution is -2.44. The van der Waals surface area contributed by atoms with E-state index in [0.717, 1.165) is 12.1 Å². The minimum absolute atomic E-state index is 0.200. The predicted molar refractivity (Wildman–Crippen MR) is 72.2 cm³/mol. The van der Waals surface area contributed by atoms with Gasteiger partial charge in [0.2, 0.25) is 0 Å². The zero-order valence-corrected chi connectivity index (χ0v) is 12.1. The lowest BCUT2D eigenvalue weighted by Gasteiger charge is -2.32. The van der Waals surface area contributed by atoms with Crippen LogP contribution in [0.3, 0.4) is 0 Å². The summed E-state index contributed by atoms with van der Waals surface area (Å²) in [6.45, 7) is 7.98. The number of nitrogens with zero attached hydrogens (tertiary/aromatic N) is 1. The lowest BCUT2D eigenvalue weighted by molar-refractivity contribution is 0.0791. The van der Waals surface area contributed by atoms with Crippen molar-refractivity contribution < 1.29 is 13.6 Å². The third-order valence-electron chi connectivity index (χ3n) is 3.80. The Morgan fingerprint density at radius 1 is 1.11 bits per heavy atom. The monoisotopic (exact) mass is 269 g/mol. The number of likely N-dealkylation sites (N-methyl/N-ethyl adjacent to an activating group) is 1. The van der Waals surface area contributed by atoms with Crippen LogP contribution in [-0.2, 0) is 0 Å². The number of carbonyl (C=O) groups excluding carboxylic acids is 1. The molecule has 2 unspecified atom stereocenters. The first-order valence-electron chi connectivity index (χ1n) is 6.47. The molecule has 0 radical (unpaired) electrons. The Morgan fingerprint density at radius 2 is 1.68 bits per heavy atom. The van der Waals surface area contributed by atoms with Crippen molar-refractivity contribution in [1.82, 2.24) is 4.90 Å². The molecule has 1 rings (SSSR count). The summed E-state index contributed by atoms with van der Waals surface area (Å²) < 4.78 is 26.0. The minimum Gasteiger partial charge on any atom is -0.294 e. The zero-order chi connectivity index (χ0) is 14.7. The van der Waals surface area contributed by atoms with E-state index < -0.39 is 11.6 Å². The molecule has 19 heavy (non-hydrogen) atoms. The fourth-order valence-corrected chi connectivity index (χ4v) is 1.90. The van der Waals surface area contributed by atoms with Gasteiger partial charge in [-0.25, -0.2) is 8.78 Å². The average molecular weight is 269 g/mol. The summed E-state index contributed by atoms with van der Waals surface area (Å²) in [4.78, 5) is 14.2. The van der Waals surface area contributed by atoms with E-state index in [-0.39, 0.29) is 23.4 Å². The molecular formula is C15H21F2NO. The van der Waals surface area contributed by atoms with Gasteiger partial charge in [-0.2, -0.15) is 0 Å². The molecule has 0 fully saturated rings. The van der Waals surface area contributed by atoms with Crippen molar-refractivity contribution in [3.8, 4) is 0 Å². The fraction of sp³-hybridized carbons (Fsp3) is 0.533. The molecule has 2 nitrogen and oxygen atoms in total. The van der Waals surface area contributed by atoms with Gasteiger partial charge in [-0.15, -0.1) is 0 Å². The number of carbonyl (C=O) groups is 1. The van der Waals surface area contributed by atoms with Crippen LogP contribution in [0.25, 0.3) is 0 Å². The first kappa shape index (κ1) is 15.8. The van der Waals surface area contributed by atoms with Gasteiger partial charge in [-0.3, -0.25) is 9.69 Å². The number of hydrogen-bond donors (Lipinski definition) is 0. The topological polar surface area (TPSA) is 20.3 Å². The Labute approximate surface area is 113 Å². The molecule has 0 amide bonds. The summed E-state index contributed by atoms with van der Waals surface area (Å²) in [6, 6.07) is 3.13. The van der Waals surface area contributed by atoms with Gasteiger partial charge in [0.25, 0.3) is 0 Å². The molecule has 0 aliphatic carbocycles. The SMILES string of the molecule is CC(C)C(C)N(C)C(C)C(=O)c1ccc(F)c(F)c1. The lowest BCUT2D eigenvalue weighted by atomic mass is 9.99. The molecular weight excluding hydrogens is 248 g/mol. The Kier molecular flexibility index (Phi) is 5.18. The average Bonchev–Trinajstić information content (AvgIpc) is 2.38. The molecule has 4 heteroatoms. The summed E-state index contributed by atoms with van der Waals surface area (Å²) in [5.41, 5.74) is 0.203. The smallest absolute Gasteiger partial charge is 0.179 e. The first-order valence-corrected chi connectivity index (χ1v) is 6.47. The van der Waals surface area contributed by atoms with Gasteiger partial charge >= 0.3 is 0 Å². The predicted octanol–water partition coefficient (Wildman–Crippen LogP) is 3.51. The van der Waals surface area contributed by atoms with Crippen molar-refractivity contribution >= 4 is 5.78 Å². The normalized spacial score (nSPS) is 14.8.